The molecule has 0 saturated heterocycles. The summed E-state index contributed by atoms with van der Waals surface area (Å²) in [5.74, 6) is 0. The smallest absolute Gasteiger partial charge is 0.385 e. The van der Waals surface area contributed by atoms with Gasteiger partial charge in [0.05, 0.1) is 0 Å². The summed E-state index contributed by atoms with van der Waals surface area (Å²) in [5, 5.41) is 34.9. The van der Waals surface area contributed by atoms with Crippen LogP contribution in [0.1, 0.15) is 0 Å². The van der Waals surface area contributed by atoms with E-state index in [-0.39, 0.29) is 17.1 Å². The van der Waals surface area contributed by atoms with Gasteiger partial charge in [-0.05, 0) is 0 Å². The van der Waals surface area contributed by atoms with Crippen molar-refractivity contribution in [3.8, 4) is 24.8 Å². The van der Waals surface area contributed by atoms with Gasteiger partial charge in [-0.3, -0.25) is 10.6 Å². The van der Waals surface area contributed by atoms with Crippen molar-refractivity contribution in [3.63, 3.8) is 0 Å². The zero-order valence-electron chi connectivity index (χ0n) is 4.98. The van der Waals surface area contributed by atoms with Crippen molar-refractivity contribution in [1.29, 1.82) is 21.0 Å². The Kier molecular flexibility index (Phi) is 35.5. The Bertz CT molecular complexity index is 171. The van der Waals surface area contributed by atoms with Crippen molar-refractivity contribution >= 4 is 0 Å². The molecule has 0 N–H and O–H groups in total. The van der Waals surface area contributed by atoms with Crippen molar-refractivity contribution in [3.05, 3.63) is 10.6 Å². The molecule has 1 radical (unpaired) electrons. The van der Waals surface area contributed by atoms with E-state index in [2.05, 4.69) is 10.6 Å². The van der Waals surface area contributed by atoms with Gasteiger partial charge in [0.1, 0.15) is 0 Å². The first kappa shape index (κ1) is 16.0. The molecule has 7 heteroatoms. The third kappa shape index (κ3) is 69.1. The van der Waals surface area contributed by atoms with Gasteiger partial charge in [-0.1, -0.05) is 0 Å². The zero-order chi connectivity index (χ0) is 8.24. The fraction of sp³-hybridized carbons (Fsp3) is 0. The van der Waals surface area contributed by atoms with Crippen molar-refractivity contribution in [1.82, 2.24) is 0 Å². The fourth-order valence-corrected chi connectivity index (χ4v) is 0.0447. The van der Waals surface area contributed by atoms with Gasteiger partial charge in [-0.2, -0.15) is 0 Å². The molecule has 0 saturated carbocycles. The minimum atomic E-state index is 0. The molecule has 0 aromatic rings. The normalized spacial score (nSPS) is 3.27. The maximum Gasteiger partial charge on any atom is 2.00 e. The second kappa shape index (κ2) is 24.3. The van der Waals surface area contributed by atoms with Gasteiger partial charge in [0.25, 0.3) is 0 Å². The Labute approximate surface area is 74.1 Å². The molecule has 0 unspecified atom stereocenters. The van der Waals surface area contributed by atoms with E-state index < -0.39 is 0 Å². The summed E-state index contributed by atoms with van der Waals surface area (Å²) in [6, 6.07) is 0. The third-order valence-electron chi connectivity index (χ3n) is 0.200. The Morgan fingerprint density at radius 1 is 0.636 bits per heavy atom. The Hall–Kier alpha value is -1.92. The summed E-state index contributed by atoms with van der Waals surface area (Å²) in [6.07, 6.45) is 5.12. The van der Waals surface area contributed by atoms with E-state index in [1.54, 1.807) is 0 Å². The summed E-state index contributed by atoms with van der Waals surface area (Å²) < 4.78 is 0. The van der Waals surface area contributed by atoms with Crippen LogP contribution < -0.4 is 0 Å². The molecule has 0 aliphatic rings. The van der Waals surface area contributed by atoms with Gasteiger partial charge < -0.3 is 21.0 Å². The molecule has 0 amide bonds. The SMILES string of the molecule is N#C[N-]C#N.N#C[N-]C#N.[Cu+2]. The van der Waals surface area contributed by atoms with Gasteiger partial charge in [-0.15, -0.1) is 0 Å². The third-order valence-corrected chi connectivity index (χ3v) is 0.200. The Morgan fingerprint density at radius 3 is 0.818 bits per heavy atom. The minimum absolute atomic E-state index is 0. The Balaban J connectivity index is -0.000000107. The molecule has 6 nitrogen and oxygen atoms in total. The predicted octanol–water partition coefficient (Wildman–Crippen LogP) is 0.642. The number of rotatable bonds is 0. The molecule has 0 atom stereocenters. The summed E-state index contributed by atoms with van der Waals surface area (Å²) in [7, 11) is 0. The van der Waals surface area contributed by atoms with Crippen LogP contribution in [-0.4, -0.2) is 0 Å². The van der Waals surface area contributed by atoms with E-state index in [1.165, 1.54) is 24.8 Å². The quantitative estimate of drug-likeness (QED) is 0.416. The van der Waals surface area contributed by atoms with Crippen molar-refractivity contribution < 1.29 is 17.1 Å². The number of hydrogen-bond acceptors (Lipinski definition) is 4. The molecule has 11 heavy (non-hydrogen) atoms. The number of hydrogen-bond donors (Lipinski definition) is 0. The van der Waals surface area contributed by atoms with Gasteiger partial charge >= 0.3 is 17.1 Å². The summed E-state index contributed by atoms with van der Waals surface area (Å²) >= 11 is 0. The largest absolute Gasteiger partial charge is 2.00 e. The second-order valence-corrected chi connectivity index (χ2v) is 0.624. The molecule has 0 rings (SSSR count). The molecule has 0 aliphatic heterocycles. The second-order valence-electron chi connectivity index (χ2n) is 0.624. The molecule has 57 valence electrons. The predicted molar refractivity (Wildman–Crippen MR) is 29.2 cm³/mol. The molecule has 0 aromatic carbocycles. The van der Waals surface area contributed by atoms with Crippen LogP contribution in [0.15, 0.2) is 0 Å². The maximum atomic E-state index is 7.43. The fourth-order valence-electron chi connectivity index (χ4n) is 0.0447. The van der Waals surface area contributed by atoms with E-state index in [9.17, 15) is 0 Å². The first-order valence-corrected chi connectivity index (χ1v) is 1.79. The van der Waals surface area contributed by atoms with Crippen LogP contribution in [-0.2, 0) is 17.1 Å². The van der Waals surface area contributed by atoms with Crippen molar-refractivity contribution in [2.45, 2.75) is 0 Å². The van der Waals surface area contributed by atoms with Gasteiger partial charge in [-0.25, -0.2) is 0 Å². The molecular weight excluding hydrogens is 196 g/mol. The van der Waals surface area contributed by atoms with Crippen molar-refractivity contribution in [2.24, 2.45) is 0 Å². The van der Waals surface area contributed by atoms with E-state index in [1.807, 2.05) is 0 Å². The average molecular weight is 196 g/mol. The summed E-state index contributed by atoms with van der Waals surface area (Å²) in [4.78, 5) is 0. The number of nitrogens with zero attached hydrogens (tertiary/aromatic N) is 6. The van der Waals surface area contributed by atoms with Crippen LogP contribution >= 0.6 is 0 Å². The van der Waals surface area contributed by atoms with Gasteiger partial charge in [0.15, 0.2) is 0 Å². The molecule has 0 heterocycles. The summed E-state index contributed by atoms with van der Waals surface area (Å²) in [5.41, 5.74) is 0. The van der Waals surface area contributed by atoms with Gasteiger partial charge in [0, 0.05) is 24.8 Å². The van der Waals surface area contributed by atoms with E-state index >= 15 is 0 Å². The van der Waals surface area contributed by atoms with Crippen LogP contribution in [0.5, 0.6) is 0 Å². The summed E-state index contributed by atoms with van der Waals surface area (Å²) in [6.45, 7) is 0. The van der Waals surface area contributed by atoms with E-state index in [0.29, 0.717) is 0 Å². The average Bonchev–Trinajstić information content (AvgIpc) is 1.93. The van der Waals surface area contributed by atoms with Crippen molar-refractivity contribution in [2.75, 3.05) is 0 Å². The molecule has 0 fully saturated rings. The monoisotopic (exact) mass is 195 g/mol. The van der Waals surface area contributed by atoms with Crippen LogP contribution in [0.2, 0.25) is 0 Å². The standard InChI is InChI=1S/2C2N3.Cu/c2*3-1-5-2-4;/q2*-1;+2. The van der Waals surface area contributed by atoms with Crippen LogP contribution in [0, 0.1) is 45.8 Å². The molecule has 0 aliphatic carbocycles. The zero-order valence-corrected chi connectivity index (χ0v) is 5.93. The number of nitriles is 4. The first-order chi connectivity index (χ1) is 4.83. The minimum Gasteiger partial charge on any atom is -0.385 e. The Morgan fingerprint density at radius 2 is 0.818 bits per heavy atom. The van der Waals surface area contributed by atoms with Gasteiger partial charge in [0.2, 0.25) is 0 Å². The molecule has 0 bridgehead atoms. The maximum absolute atomic E-state index is 7.43. The molecule has 0 spiro atoms. The molecular formula is C4CuN6. The van der Waals surface area contributed by atoms with Crippen LogP contribution in [0.4, 0.5) is 0 Å². The first-order valence-electron chi connectivity index (χ1n) is 1.79. The topological polar surface area (TPSA) is 123 Å². The molecule has 0 aromatic heterocycles. The van der Waals surface area contributed by atoms with Crippen LogP contribution in [0.25, 0.3) is 10.6 Å². The van der Waals surface area contributed by atoms with E-state index in [0.717, 1.165) is 0 Å². The van der Waals surface area contributed by atoms with E-state index in [4.69, 9.17) is 21.0 Å². The van der Waals surface area contributed by atoms with Crippen LogP contribution in [0.3, 0.4) is 0 Å².